The monoisotopic (exact) mass is 462 g/mol. The SMILES string of the molecule is COc1ccc(OC)c(CN2CCc3c(ncnc3NC(=O)C34CC5CC(CC(C5)C3)C4)C2)c1. The summed E-state index contributed by atoms with van der Waals surface area (Å²) in [5.74, 6) is 4.86. The summed E-state index contributed by atoms with van der Waals surface area (Å²) in [6.45, 7) is 2.35. The summed E-state index contributed by atoms with van der Waals surface area (Å²) in [5, 5.41) is 3.28. The van der Waals surface area contributed by atoms with E-state index in [9.17, 15) is 4.79 Å². The number of hydrogen-bond donors (Lipinski definition) is 1. The van der Waals surface area contributed by atoms with Crippen LogP contribution in [-0.4, -0.2) is 41.5 Å². The van der Waals surface area contributed by atoms with E-state index in [1.165, 1.54) is 19.3 Å². The molecule has 7 rings (SSSR count). The Bertz CT molecular complexity index is 1070. The molecule has 0 spiro atoms. The number of methoxy groups -OCH3 is 2. The summed E-state index contributed by atoms with van der Waals surface area (Å²) in [6, 6.07) is 5.90. The molecular formula is C27H34N4O3. The molecule has 0 radical (unpaired) electrons. The predicted octanol–water partition coefficient (Wildman–Crippen LogP) is 4.21. The topological polar surface area (TPSA) is 76.6 Å². The van der Waals surface area contributed by atoms with Crippen molar-refractivity contribution in [3.05, 3.63) is 41.3 Å². The molecule has 1 aliphatic heterocycles. The number of fused-ring (bicyclic) bond motifs is 1. The van der Waals surface area contributed by atoms with Gasteiger partial charge in [0.2, 0.25) is 5.91 Å². The van der Waals surface area contributed by atoms with E-state index in [1.807, 2.05) is 18.2 Å². The van der Waals surface area contributed by atoms with Crippen LogP contribution in [0.15, 0.2) is 24.5 Å². The molecule has 2 aromatic rings. The molecule has 1 aromatic heterocycles. The normalized spacial score (nSPS) is 29.5. The van der Waals surface area contributed by atoms with Crippen LogP contribution in [0.2, 0.25) is 0 Å². The summed E-state index contributed by atoms with van der Waals surface area (Å²) >= 11 is 0. The lowest BCUT2D eigenvalue weighted by atomic mass is 9.49. The molecule has 4 bridgehead atoms. The van der Waals surface area contributed by atoms with Crippen molar-refractivity contribution < 1.29 is 14.3 Å². The van der Waals surface area contributed by atoms with E-state index in [0.29, 0.717) is 0 Å². The van der Waals surface area contributed by atoms with E-state index in [0.717, 1.165) is 97.2 Å². The van der Waals surface area contributed by atoms with Crippen LogP contribution in [0.1, 0.15) is 55.3 Å². The smallest absolute Gasteiger partial charge is 0.231 e. The quantitative estimate of drug-likeness (QED) is 0.693. The number of nitrogens with one attached hydrogen (secondary N) is 1. The van der Waals surface area contributed by atoms with Gasteiger partial charge in [-0.2, -0.15) is 0 Å². The van der Waals surface area contributed by atoms with Crippen LogP contribution in [0.5, 0.6) is 11.5 Å². The minimum absolute atomic E-state index is 0.170. The molecule has 1 amide bonds. The largest absolute Gasteiger partial charge is 0.497 e. The average Bonchev–Trinajstić information content (AvgIpc) is 2.83. The van der Waals surface area contributed by atoms with E-state index in [1.54, 1.807) is 20.5 Å². The predicted molar refractivity (Wildman–Crippen MR) is 129 cm³/mol. The zero-order valence-corrected chi connectivity index (χ0v) is 20.2. The van der Waals surface area contributed by atoms with E-state index < -0.39 is 0 Å². The van der Waals surface area contributed by atoms with Crippen molar-refractivity contribution in [2.24, 2.45) is 23.2 Å². The van der Waals surface area contributed by atoms with Crippen molar-refractivity contribution in [3.8, 4) is 11.5 Å². The molecule has 0 unspecified atom stereocenters. The van der Waals surface area contributed by atoms with Crippen LogP contribution in [0.3, 0.4) is 0 Å². The summed E-state index contributed by atoms with van der Waals surface area (Å²) in [4.78, 5) is 25.0. The number of carbonyl (C=O) groups is 1. The van der Waals surface area contributed by atoms with E-state index in [-0.39, 0.29) is 11.3 Å². The van der Waals surface area contributed by atoms with Crippen LogP contribution < -0.4 is 14.8 Å². The third kappa shape index (κ3) is 3.84. The second-order valence-electron chi connectivity index (χ2n) is 10.9. The first-order valence-electron chi connectivity index (χ1n) is 12.6. The van der Waals surface area contributed by atoms with E-state index in [2.05, 4.69) is 20.2 Å². The summed E-state index contributed by atoms with van der Waals surface area (Å²) in [7, 11) is 3.38. The van der Waals surface area contributed by atoms with Gasteiger partial charge in [0.05, 0.1) is 25.3 Å². The minimum atomic E-state index is -0.170. The van der Waals surface area contributed by atoms with Crippen molar-refractivity contribution in [3.63, 3.8) is 0 Å². The number of anilines is 1. The van der Waals surface area contributed by atoms with Crippen molar-refractivity contribution in [2.75, 3.05) is 26.1 Å². The molecule has 1 aromatic carbocycles. The van der Waals surface area contributed by atoms with E-state index >= 15 is 0 Å². The highest BCUT2D eigenvalue weighted by molar-refractivity contribution is 5.95. The Balaban J connectivity index is 1.18. The molecule has 34 heavy (non-hydrogen) atoms. The maximum atomic E-state index is 13.6. The Kier molecular flexibility index (Phi) is 5.47. The molecule has 4 aliphatic carbocycles. The molecule has 4 fully saturated rings. The van der Waals surface area contributed by atoms with Crippen molar-refractivity contribution in [2.45, 2.75) is 58.0 Å². The lowest BCUT2D eigenvalue weighted by Crippen LogP contribution is -2.52. The number of rotatable bonds is 6. The van der Waals surface area contributed by atoms with Gasteiger partial charge in [0.25, 0.3) is 0 Å². The molecule has 2 heterocycles. The Hall–Kier alpha value is -2.67. The van der Waals surface area contributed by atoms with Crippen molar-refractivity contribution >= 4 is 11.7 Å². The minimum Gasteiger partial charge on any atom is -0.497 e. The highest BCUT2D eigenvalue weighted by Crippen LogP contribution is 2.60. The third-order valence-corrected chi connectivity index (χ3v) is 8.72. The average molecular weight is 463 g/mol. The summed E-state index contributed by atoms with van der Waals surface area (Å²) in [5.41, 5.74) is 3.02. The van der Waals surface area contributed by atoms with Gasteiger partial charge in [0, 0.05) is 30.8 Å². The fourth-order valence-corrected chi connectivity index (χ4v) is 7.53. The second kappa shape index (κ2) is 8.52. The Morgan fingerprint density at radius 2 is 1.82 bits per heavy atom. The second-order valence-corrected chi connectivity index (χ2v) is 10.9. The van der Waals surface area contributed by atoms with Gasteiger partial charge in [0.1, 0.15) is 23.6 Å². The van der Waals surface area contributed by atoms with Gasteiger partial charge >= 0.3 is 0 Å². The van der Waals surface area contributed by atoms with Crippen LogP contribution >= 0.6 is 0 Å². The molecule has 7 heteroatoms. The number of hydrogen-bond acceptors (Lipinski definition) is 6. The lowest BCUT2D eigenvalue weighted by Gasteiger charge is -2.55. The maximum Gasteiger partial charge on any atom is 0.231 e. The lowest BCUT2D eigenvalue weighted by molar-refractivity contribution is -0.140. The Labute approximate surface area is 201 Å². The van der Waals surface area contributed by atoms with Crippen LogP contribution in [-0.2, 0) is 24.3 Å². The summed E-state index contributed by atoms with van der Waals surface area (Å²) < 4.78 is 11.0. The fourth-order valence-electron chi connectivity index (χ4n) is 7.53. The summed E-state index contributed by atoms with van der Waals surface area (Å²) in [6.07, 6.45) is 9.62. The number of ether oxygens (including phenoxy) is 2. The van der Waals surface area contributed by atoms with Crippen molar-refractivity contribution in [1.29, 1.82) is 0 Å². The molecule has 5 aliphatic rings. The molecule has 0 saturated heterocycles. The molecule has 1 N–H and O–H groups in total. The third-order valence-electron chi connectivity index (χ3n) is 8.72. The number of benzene rings is 1. The van der Waals surface area contributed by atoms with Gasteiger partial charge in [-0.15, -0.1) is 0 Å². The van der Waals surface area contributed by atoms with Gasteiger partial charge in [-0.25, -0.2) is 9.97 Å². The first-order valence-corrected chi connectivity index (χ1v) is 12.6. The highest BCUT2D eigenvalue weighted by atomic mass is 16.5. The van der Waals surface area contributed by atoms with Gasteiger partial charge in [-0.05, 0) is 80.9 Å². The van der Waals surface area contributed by atoms with Crippen LogP contribution in [0, 0.1) is 23.2 Å². The van der Waals surface area contributed by atoms with Gasteiger partial charge in [0.15, 0.2) is 0 Å². The first kappa shape index (κ1) is 21.8. The Morgan fingerprint density at radius 3 is 2.50 bits per heavy atom. The van der Waals surface area contributed by atoms with Gasteiger partial charge in [-0.1, -0.05) is 0 Å². The number of carbonyl (C=O) groups excluding carboxylic acids is 1. The molecule has 4 saturated carbocycles. The van der Waals surface area contributed by atoms with Gasteiger partial charge < -0.3 is 14.8 Å². The Morgan fingerprint density at radius 1 is 1.09 bits per heavy atom. The number of aromatic nitrogens is 2. The van der Waals surface area contributed by atoms with Crippen LogP contribution in [0.4, 0.5) is 5.82 Å². The van der Waals surface area contributed by atoms with Crippen LogP contribution in [0.25, 0.3) is 0 Å². The molecular weight excluding hydrogens is 428 g/mol. The number of nitrogens with zero attached hydrogens (tertiary/aromatic N) is 3. The highest BCUT2D eigenvalue weighted by Gasteiger charge is 2.54. The zero-order valence-electron chi connectivity index (χ0n) is 20.2. The first-order chi connectivity index (χ1) is 16.5. The number of amides is 1. The fraction of sp³-hybridized carbons (Fsp3) is 0.593. The molecule has 0 atom stereocenters. The zero-order chi connectivity index (χ0) is 23.3. The van der Waals surface area contributed by atoms with Crippen molar-refractivity contribution in [1.82, 2.24) is 14.9 Å². The molecule has 7 nitrogen and oxygen atoms in total. The van der Waals surface area contributed by atoms with E-state index in [4.69, 9.17) is 9.47 Å². The molecule has 180 valence electrons. The maximum absolute atomic E-state index is 13.6. The standard InChI is InChI=1S/C27H34N4O3/c1-33-21-3-4-24(34-2)20(10-21)14-31-6-5-22-23(15-31)28-16-29-25(22)30-26(32)27-11-17-7-18(12-27)9-19(8-17)13-27/h3-4,10,16-19H,5-9,11-15H2,1-2H3,(H,28,29,30,32). The van der Waals surface area contributed by atoms with Gasteiger partial charge in [-0.3, -0.25) is 9.69 Å².